The molecule has 2 atom stereocenters. The molecule has 1 aromatic heterocycles. The number of hydrogen-bond donors (Lipinski definition) is 1. The van der Waals surface area contributed by atoms with Crippen molar-refractivity contribution in [3.05, 3.63) is 18.0 Å². The molecule has 0 spiro atoms. The molecule has 0 saturated heterocycles. The van der Waals surface area contributed by atoms with Crippen LogP contribution in [-0.2, 0) is 12.1 Å². The van der Waals surface area contributed by atoms with Crippen molar-refractivity contribution in [3.8, 4) is 0 Å². The zero-order valence-corrected chi connectivity index (χ0v) is 12.0. The lowest BCUT2D eigenvalue weighted by atomic mass is 9.84. The van der Waals surface area contributed by atoms with Crippen LogP contribution in [0.2, 0.25) is 0 Å². The molecule has 3 heteroatoms. The van der Waals surface area contributed by atoms with E-state index in [9.17, 15) is 0 Å². The van der Waals surface area contributed by atoms with Gasteiger partial charge in [-0.3, -0.25) is 4.68 Å². The lowest BCUT2D eigenvalue weighted by molar-refractivity contribution is 0.325. The van der Waals surface area contributed by atoms with Crippen LogP contribution in [0.5, 0.6) is 0 Å². The second-order valence-electron chi connectivity index (χ2n) is 6.18. The summed E-state index contributed by atoms with van der Waals surface area (Å²) in [6.45, 7) is 7.71. The molecule has 0 radical (unpaired) electrons. The predicted molar refractivity (Wildman–Crippen MR) is 75.2 cm³/mol. The van der Waals surface area contributed by atoms with E-state index >= 15 is 0 Å². The number of rotatable bonds is 3. The maximum absolute atomic E-state index is 6.66. The minimum absolute atomic E-state index is 0.142. The highest BCUT2D eigenvalue weighted by molar-refractivity contribution is 5.18. The largest absolute Gasteiger partial charge is 0.321 e. The van der Waals surface area contributed by atoms with Gasteiger partial charge >= 0.3 is 0 Å². The first-order chi connectivity index (χ1) is 8.55. The second kappa shape index (κ2) is 5.43. The Morgan fingerprint density at radius 3 is 2.83 bits per heavy atom. The zero-order chi connectivity index (χ0) is 13.2. The van der Waals surface area contributed by atoms with Crippen molar-refractivity contribution in [2.45, 2.75) is 65.0 Å². The van der Waals surface area contributed by atoms with E-state index in [0.717, 1.165) is 31.2 Å². The molecule has 0 aromatic carbocycles. The van der Waals surface area contributed by atoms with Crippen molar-refractivity contribution in [2.24, 2.45) is 17.6 Å². The summed E-state index contributed by atoms with van der Waals surface area (Å²) < 4.78 is 1.98. The number of aromatic nitrogens is 2. The van der Waals surface area contributed by atoms with Gasteiger partial charge in [0.25, 0.3) is 0 Å². The average molecular weight is 249 g/mol. The van der Waals surface area contributed by atoms with Crippen LogP contribution < -0.4 is 5.73 Å². The summed E-state index contributed by atoms with van der Waals surface area (Å²) in [6, 6.07) is 0. The molecule has 0 amide bonds. The minimum Gasteiger partial charge on any atom is -0.321 e. The minimum atomic E-state index is -0.142. The highest BCUT2D eigenvalue weighted by Crippen LogP contribution is 2.37. The molecular formula is C15H27N3. The van der Waals surface area contributed by atoms with Gasteiger partial charge in [-0.05, 0) is 38.0 Å². The molecule has 2 N–H and O–H groups in total. The molecule has 1 aliphatic rings. The standard InChI is InChI=1S/C15H27N3/c1-4-18-11-14(10-17-18)15(16)8-5-6-13(7-9-15)12(2)3/h10-13H,4-9,16H2,1-3H3. The summed E-state index contributed by atoms with van der Waals surface area (Å²) in [5.41, 5.74) is 7.75. The highest BCUT2D eigenvalue weighted by Gasteiger charge is 2.32. The van der Waals surface area contributed by atoms with Crippen molar-refractivity contribution in [2.75, 3.05) is 0 Å². The summed E-state index contributed by atoms with van der Waals surface area (Å²) in [4.78, 5) is 0. The van der Waals surface area contributed by atoms with Crippen molar-refractivity contribution in [3.63, 3.8) is 0 Å². The topological polar surface area (TPSA) is 43.8 Å². The van der Waals surface area contributed by atoms with E-state index in [2.05, 4.69) is 32.1 Å². The lowest BCUT2D eigenvalue weighted by Gasteiger charge is -2.27. The first kappa shape index (κ1) is 13.6. The fourth-order valence-corrected chi connectivity index (χ4v) is 3.14. The van der Waals surface area contributed by atoms with Crippen LogP contribution in [0.15, 0.2) is 12.4 Å². The van der Waals surface area contributed by atoms with Gasteiger partial charge in [0, 0.05) is 23.8 Å². The fraction of sp³-hybridized carbons (Fsp3) is 0.800. The number of nitrogens with zero attached hydrogens (tertiary/aromatic N) is 2. The first-order valence-corrected chi connectivity index (χ1v) is 7.37. The number of hydrogen-bond acceptors (Lipinski definition) is 2. The van der Waals surface area contributed by atoms with Gasteiger partial charge in [0.2, 0.25) is 0 Å². The van der Waals surface area contributed by atoms with Crippen LogP contribution in [0, 0.1) is 11.8 Å². The molecule has 1 saturated carbocycles. The maximum Gasteiger partial charge on any atom is 0.0540 e. The van der Waals surface area contributed by atoms with E-state index in [1.807, 2.05) is 10.9 Å². The Kier molecular flexibility index (Phi) is 4.10. The molecular weight excluding hydrogens is 222 g/mol. The van der Waals surface area contributed by atoms with Gasteiger partial charge in [0.15, 0.2) is 0 Å². The monoisotopic (exact) mass is 249 g/mol. The van der Waals surface area contributed by atoms with Crippen molar-refractivity contribution in [1.29, 1.82) is 0 Å². The third kappa shape index (κ3) is 2.77. The van der Waals surface area contributed by atoms with Crippen molar-refractivity contribution < 1.29 is 0 Å². The molecule has 2 unspecified atom stereocenters. The van der Waals surface area contributed by atoms with E-state index in [-0.39, 0.29) is 5.54 Å². The Morgan fingerprint density at radius 1 is 1.44 bits per heavy atom. The normalized spacial score (nSPS) is 29.5. The van der Waals surface area contributed by atoms with Crippen LogP contribution in [0.4, 0.5) is 0 Å². The molecule has 3 nitrogen and oxygen atoms in total. The van der Waals surface area contributed by atoms with Crippen LogP contribution in [0.3, 0.4) is 0 Å². The maximum atomic E-state index is 6.66. The van der Waals surface area contributed by atoms with Gasteiger partial charge in [0.1, 0.15) is 0 Å². The Bertz CT molecular complexity index is 383. The van der Waals surface area contributed by atoms with E-state index in [0.29, 0.717) is 0 Å². The van der Waals surface area contributed by atoms with Crippen molar-refractivity contribution in [1.82, 2.24) is 9.78 Å². The molecule has 2 rings (SSSR count). The first-order valence-electron chi connectivity index (χ1n) is 7.37. The van der Waals surface area contributed by atoms with Gasteiger partial charge < -0.3 is 5.73 Å². The average Bonchev–Trinajstić information content (AvgIpc) is 2.74. The number of aryl methyl sites for hydroxylation is 1. The molecule has 1 heterocycles. The Morgan fingerprint density at radius 2 is 2.22 bits per heavy atom. The van der Waals surface area contributed by atoms with Crippen LogP contribution in [-0.4, -0.2) is 9.78 Å². The van der Waals surface area contributed by atoms with Gasteiger partial charge in [0.05, 0.1) is 6.20 Å². The van der Waals surface area contributed by atoms with E-state index in [1.54, 1.807) is 0 Å². The molecule has 18 heavy (non-hydrogen) atoms. The summed E-state index contributed by atoms with van der Waals surface area (Å²) in [6.07, 6.45) is 10.1. The molecule has 1 aliphatic carbocycles. The van der Waals surface area contributed by atoms with Gasteiger partial charge in [-0.1, -0.05) is 26.7 Å². The molecule has 0 bridgehead atoms. The molecule has 0 aliphatic heterocycles. The molecule has 102 valence electrons. The summed E-state index contributed by atoms with van der Waals surface area (Å²) in [7, 11) is 0. The van der Waals surface area contributed by atoms with Crippen LogP contribution in [0.1, 0.15) is 58.4 Å². The van der Waals surface area contributed by atoms with Crippen LogP contribution in [0.25, 0.3) is 0 Å². The van der Waals surface area contributed by atoms with Gasteiger partial charge in [-0.25, -0.2) is 0 Å². The summed E-state index contributed by atoms with van der Waals surface area (Å²) in [5, 5.41) is 4.38. The lowest BCUT2D eigenvalue weighted by Crippen LogP contribution is -2.35. The number of nitrogens with two attached hydrogens (primary N) is 1. The molecule has 1 fully saturated rings. The van der Waals surface area contributed by atoms with E-state index < -0.39 is 0 Å². The second-order valence-corrected chi connectivity index (χ2v) is 6.18. The van der Waals surface area contributed by atoms with E-state index in [4.69, 9.17) is 5.73 Å². The fourth-order valence-electron chi connectivity index (χ4n) is 3.14. The third-order valence-electron chi connectivity index (χ3n) is 4.63. The predicted octanol–water partition coefficient (Wildman–Crippen LogP) is 3.29. The van der Waals surface area contributed by atoms with Gasteiger partial charge in [-0.2, -0.15) is 5.10 Å². The Labute approximate surface area is 111 Å². The zero-order valence-electron chi connectivity index (χ0n) is 12.0. The van der Waals surface area contributed by atoms with Crippen molar-refractivity contribution >= 4 is 0 Å². The van der Waals surface area contributed by atoms with Gasteiger partial charge in [-0.15, -0.1) is 0 Å². The summed E-state index contributed by atoms with van der Waals surface area (Å²) in [5.74, 6) is 1.63. The third-order valence-corrected chi connectivity index (χ3v) is 4.63. The van der Waals surface area contributed by atoms with E-state index in [1.165, 1.54) is 24.8 Å². The quantitative estimate of drug-likeness (QED) is 0.835. The Balaban J connectivity index is 2.11. The van der Waals surface area contributed by atoms with Crippen LogP contribution >= 0.6 is 0 Å². The molecule has 1 aromatic rings. The SMILES string of the molecule is CCn1cc(C2(N)CCCC(C(C)C)CC2)cn1. The highest BCUT2D eigenvalue weighted by atomic mass is 15.3. The Hall–Kier alpha value is -0.830. The smallest absolute Gasteiger partial charge is 0.0540 e. The summed E-state index contributed by atoms with van der Waals surface area (Å²) >= 11 is 0.